The van der Waals surface area contributed by atoms with Crippen molar-refractivity contribution >= 4 is 11.5 Å². The van der Waals surface area contributed by atoms with Gasteiger partial charge in [-0.3, -0.25) is 0 Å². The average Bonchev–Trinajstić information content (AvgIpc) is 2.51. The number of aliphatic hydroxyl groups is 1. The lowest BCUT2D eigenvalue weighted by Crippen LogP contribution is -2.25. The third kappa shape index (κ3) is 2.66. The topological polar surface area (TPSA) is 67.3 Å². The summed E-state index contributed by atoms with van der Waals surface area (Å²) >= 11 is 0. The van der Waals surface area contributed by atoms with Crippen LogP contribution in [0.2, 0.25) is 0 Å². The van der Waals surface area contributed by atoms with Gasteiger partial charge < -0.3 is 15.7 Å². The molecular weight excluding hydrogens is 204 g/mol. The fraction of sp³-hybridized carbons (Fsp3) is 0.727. The maximum atomic E-state index is 9.27. The van der Waals surface area contributed by atoms with Gasteiger partial charge in [-0.05, 0) is 27.2 Å². The summed E-state index contributed by atoms with van der Waals surface area (Å²) in [5, 5.41) is 13.6. The molecule has 0 radical (unpaired) electrons. The molecule has 0 saturated carbocycles. The molecule has 3 N–H and O–H groups in total. The van der Waals surface area contributed by atoms with E-state index in [0.29, 0.717) is 0 Å². The van der Waals surface area contributed by atoms with Crippen LogP contribution in [0.3, 0.4) is 0 Å². The van der Waals surface area contributed by atoms with E-state index in [1.807, 2.05) is 30.5 Å². The van der Waals surface area contributed by atoms with Crippen molar-refractivity contribution in [3.8, 4) is 0 Å². The number of aromatic nitrogens is 2. The fourth-order valence-electron chi connectivity index (χ4n) is 1.69. The molecule has 0 fully saturated rings. The van der Waals surface area contributed by atoms with Gasteiger partial charge in [-0.1, -0.05) is 0 Å². The Bertz CT molecular complexity index is 346. The van der Waals surface area contributed by atoms with Crippen molar-refractivity contribution in [2.45, 2.75) is 39.8 Å². The Morgan fingerprint density at radius 3 is 2.69 bits per heavy atom. The molecule has 0 amide bonds. The molecule has 1 heterocycles. The average molecular weight is 226 g/mol. The van der Waals surface area contributed by atoms with Crippen LogP contribution in [0.5, 0.6) is 0 Å². The molecule has 0 bridgehead atoms. The first kappa shape index (κ1) is 12.8. The molecule has 1 aromatic heterocycles. The predicted octanol–water partition coefficient (Wildman–Crippen LogP) is 1.00. The fourth-order valence-corrected chi connectivity index (χ4v) is 1.69. The molecular formula is C11H22N4O. The van der Waals surface area contributed by atoms with E-state index in [0.717, 1.165) is 36.7 Å². The van der Waals surface area contributed by atoms with Crippen LogP contribution in [0.25, 0.3) is 0 Å². The number of anilines is 2. The number of aliphatic hydroxyl groups excluding tert-OH is 1. The zero-order valence-corrected chi connectivity index (χ0v) is 10.6. The van der Waals surface area contributed by atoms with Crippen LogP contribution in [0.15, 0.2) is 0 Å². The van der Waals surface area contributed by atoms with Gasteiger partial charge in [-0.2, -0.15) is 5.10 Å². The number of hydrogen-bond donors (Lipinski definition) is 2. The predicted molar refractivity (Wildman–Crippen MR) is 66.6 cm³/mol. The van der Waals surface area contributed by atoms with Gasteiger partial charge in [0.2, 0.25) is 0 Å². The largest absolute Gasteiger partial charge is 0.394 e. The van der Waals surface area contributed by atoms with E-state index in [-0.39, 0.29) is 6.10 Å². The van der Waals surface area contributed by atoms with E-state index in [9.17, 15) is 5.11 Å². The number of nitrogens with two attached hydrogens (primary N) is 1. The molecule has 1 unspecified atom stereocenters. The van der Waals surface area contributed by atoms with Gasteiger partial charge in [0.15, 0.2) is 0 Å². The minimum absolute atomic E-state index is 0.289. The summed E-state index contributed by atoms with van der Waals surface area (Å²) in [4.78, 5) is 2.05. The van der Waals surface area contributed by atoms with Crippen LogP contribution in [-0.4, -0.2) is 34.6 Å². The molecule has 5 heteroatoms. The van der Waals surface area contributed by atoms with E-state index >= 15 is 0 Å². The third-order valence-corrected chi connectivity index (χ3v) is 2.69. The van der Waals surface area contributed by atoms with Crippen molar-refractivity contribution in [1.29, 1.82) is 0 Å². The highest BCUT2D eigenvalue weighted by molar-refractivity contribution is 5.65. The first-order valence-electron chi connectivity index (χ1n) is 5.69. The number of nitrogens with zero attached hydrogens (tertiary/aromatic N) is 3. The van der Waals surface area contributed by atoms with Crippen LogP contribution >= 0.6 is 0 Å². The smallest absolute Gasteiger partial charge is 0.150 e. The van der Waals surface area contributed by atoms with Crippen molar-refractivity contribution in [2.75, 3.05) is 24.2 Å². The number of hydrogen-bond acceptors (Lipinski definition) is 4. The lowest BCUT2D eigenvalue weighted by atomic mass is 10.2. The Morgan fingerprint density at radius 2 is 2.19 bits per heavy atom. The highest BCUT2D eigenvalue weighted by Gasteiger charge is 2.15. The first-order chi connectivity index (χ1) is 7.47. The van der Waals surface area contributed by atoms with Crippen LogP contribution in [0.1, 0.15) is 26.0 Å². The van der Waals surface area contributed by atoms with Crippen molar-refractivity contribution < 1.29 is 5.11 Å². The highest BCUT2D eigenvalue weighted by Crippen LogP contribution is 2.25. The maximum absolute atomic E-state index is 9.27. The molecule has 1 atom stereocenters. The number of nitrogen functional groups attached to an aromatic ring is 1. The maximum Gasteiger partial charge on any atom is 0.150 e. The molecule has 0 saturated heterocycles. The molecule has 0 aliphatic rings. The minimum atomic E-state index is -0.289. The molecule has 0 aromatic carbocycles. The van der Waals surface area contributed by atoms with Crippen LogP contribution in [-0.2, 0) is 6.54 Å². The van der Waals surface area contributed by atoms with Crippen molar-refractivity contribution in [2.24, 2.45) is 0 Å². The second-order valence-electron chi connectivity index (χ2n) is 4.20. The van der Waals surface area contributed by atoms with Crippen LogP contribution in [0.4, 0.5) is 11.5 Å². The molecule has 0 aliphatic heterocycles. The molecule has 0 aliphatic carbocycles. The third-order valence-electron chi connectivity index (χ3n) is 2.69. The SMILES string of the molecule is CCn1nc(C)c(N)c1N(C)CCC(C)O. The van der Waals surface area contributed by atoms with Gasteiger partial charge in [0.25, 0.3) is 0 Å². The summed E-state index contributed by atoms with van der Waals surface area (Å²) in [6.45, 7) is 7.31. The standard InChI is InChI=1S/C11H22N4O/c1-5-15-11(10(12)9(3)13-15)14(4)7-6-8(2)16/h8,16H,5-7,12H2,1-4H3. The Balaban J connectivity index is 2.84. The normalized spacial score (nSPS) is 12.8. The van der Waals surface area contributed by atoms with E-state index in [1.165, 1.54) is 0 Å². The lowest BCUT2D eigenvalue weighted by Gasteiger charge is -2.21. The summed E-state index contributed by atoms with van der Waals surface area (Å²) in [6.07, 6.45) is 0.437. The summed E-state index contributed by atoms with van der Waals surface area (Å²) in [5.74, 6) is 0.945. The molecule has 1 rings (SSSR count). The van der Waals surface area contributed by atoms with Gasteiger partial charge in [0.05, 0.1) is 17.5 Å². The summed E-state index contributed by atoms with van der Waals surface area (Å²) in [5.41, 5.74) is 7.59. The number of rotatable bonds is 5. The van der Waals surface area contributed by atoms with Gasteiger partial charge in [-0.15, -0.1) is 0 Å². The molecule has 5 nitrogen and oxygen atoms in total. The lowest BCUT2D eigenvalue weighted by molar-refractivity contribution is 0.186. The minimum Gasteiger partial charge on any atom is -0.394 e. The summed E-state index contributed by atoms with van der Waals surface area (Å²) < 4.78 is 1.90. The van der Waals surface area contributed by atoms with E-state index in [1.54, 1.807) is 6.92 Å². The molecule has 92 valence electrons. The monoisotopic (exact) mass is 226 g/mol. The molecule has 0 spiro atoms. The summed E-state index contributed by atoms with van der Waals surface area (Å²) in [7, 11) is 1.97. The molecule has 16 heavy (non-hydrogen) atoms. The highest BCUT2D eigenvalue weighted by atomic mass is 16.3. The summed E-state index contributed by atoms with van der Waals surface area (Å²) in [6, 6.07) is 0. The van der Waals surface area contributed by atoms with Gasteiger partial charge in [-0.25, -0.2) is 4.68 Å². The Morgan fingerprint density at radius 1 is 1.56 bits per heavy atom. The Labute approximate surface area is 96.9 Å². The van der Waals surface area contributed by atoms with Crippen molar-refractivity contribution in [3.05, 3.63) is 5.69 Å². The second kappa shape index (κ2) is 5.21. The Hall–Kier alpha value is -1.23. The van der Waals surface area contributed by atoms with Crippen molar-refractivity contribution in [3.63, 3.8) is 0 Å². The Kier molecular flexibility index (Phi) is 4.18. The van der Waals surface area contributed by atoms with Gasteiger partial charge >= 0.3 is 0 Å². The van der Waals surface area contributed by atoms with E-state index in [2.05, 4.69) is 5.10 Å². The quantitative estimate of drug-likeness (QED) is 0.786. The van der Waals surface area contributed by atoms with Gasteiger partial charge in [0.1, 0.15) is 5.82 Å². The molecule has 1 aromatic rings. The zero-order chi connectivity index (χ0) is 12.3. The van der Waals surface area contributed by atoms with E-state index in [4.69, 9.17) is 5.73 Å². The van der Waals surface area contributed by atoms with Crippen LogP contribution in [0, 0.1) is 6.92 Å². The second-order valence-corrected chi connectivity index (χ2v) is 4.20. The van der Waals surface area contributed by atoms with Crippen LogP contribution < -0.4 is 10.6 Å². The zero-order valence-electron chi connectivity index (χ0n) is 10.6. The van der Waals surface area contributed by atoms with Crippen molar-refractivity contribution in [1.82, 2.24) is 9.78 Å². The number of aryl methyl sites for hydroxylation is 2. The van der Waals surface area contributed by atoms with E-state index < -0.39 is 0 Å². The van der Waals surface area contributed by atoms with Gasteiger partial charge in [0, 0.05) is 20.1 Å². The first-order valence-corrected chi connectivity index (χ1v) is 5.69.